The van der Waals surface area contributed by atoms with Gasteiger partial charge >= 0.3 is 0 Å². The van der Waals surface area contributed by atoms with Crippen molar-refractivity contribution in [2.45, 2.75) is 11.7 Å². The van der Waals surface area contributed by atoms with Gasteiger partial charge in [-0.2, -0.15) is 0 Å². The second-order valence-electron chi connectivity index (χ2n) is 7.31. The fourth-order valence-electron chi connectivity index (χ4n) is 3.59. The van der Waals surface area contributed by atoms with Gasteiger partial charge < -0.3 is 14.7 Å². The Kier molecular flexibility index (Phi) is 5.85. The molecule has 164 valence electrons. The highest BCUT2D eigenvalue weighted by molar-refractivity contribution is 7.99. The molecule has 0 radical (unpaired) electrons. The number of carbonyl (C=O) groups excluding carboxylic acids is 1. The number of H-pyrrole nitrogens is 1. The van der Waals surface area contributed by atoms with Gasteiger partial charge in [0.05, 0.1) is 28.8 Å². The Morgan fingerprint density at radius 1 is 1.06 bits per heavy atom. The van der Waals surface area contributed by atoms with E-state index in [0.29, 0.717) is 22.1 Å². The van der Waals surface area contributed by atoms with Gasteiger partial charge in [-0.05, 0) is 29.8 Å². The van der Waals surface area contributed by atoms with Gasteiger partial charge in [-0.3, -0.25) is 4.79 Å². The molecule has 3 aromatic carbocycles. The average molecular weight is 476 g/mol. The number of carbonyl (C=O) groups is 1. The minimum Gasteiger partial charge on any atom is -0.493 e. The summed E-state index contributed by atoms with van der Waals surface area (Å²) in [6.07, 6.45) is 0. The SMILES string of the molecule is O=C(CSc1nc2ccccc2n1Cc1ccccc1Cl)N=Nc1c(O)[nH]c2ccccc12. The molecule has 0 aliphatic carbocycles. The molecule has 5 aromatic rings. The van der Waals surface area contributed by atoms with Crippen molar-refractivity contribution in [3.63, 3.8) is 0 Å². The molecule has 0 saturated carbocycles. The third-order valence-corrected chi connectivity index (χ3v) is 6.48. The molecule has 0 fully saturated rings. The number of aromatic hydroxyl groups is 1. The summed E-state index contributed by atoms with van der Waals surface area (Å²) in [6, 6.07) is 22.8. The van der Waals surface area contributed by atoms with Gasteiger partial charge in [-0.1, -0.05) is 71.9 Å². The molecule has 5 rings (SSSR count). The van der Waals surface area contributed by atoms with Crippen molar-refractivity contribution in [3.8, 4) is 5.88 Å². The van der Waals surface area contributed by atoms with E-state index >= 15 is 0 Å². The highest BCUT2D eigenvalue weighted by Crippen LogP contribution is 2.35. The van der Waals surface area contributed by atoms with Gasteiger partial charge in [-0.25, -0.2) is 4.98 Å². The summed E-state index contributed by atoms with van der Waals surface area (Å²) >= 11 is 7.66. The maximum Gasteiger partial charge on any atom is 0.275 e. The van der Waals surface area contributed by atoms with Crippen LogP contribution in [0.15, 0.2) is 88.2 Å². The number of benzene rings is 3. The van der Waals surface area contributed by atoms with Crippen LogP contribution in [0.2, 0.25) is 5.02 Å². The van der Waals surface area contributed by atoms with E-state index in [9.17, 15) is 9.90 Å². The number of thioether (sulfide) groups is 1. The summed E-state index contributed by atoms with van der Waals surface area (Å²) < 4.78 is 2.04. The van der Waals surface area contributed by atoms with Crippen molar-refractivity contribution in [2.75, 3.05) is 5.75 Å². The number of hydrogen-bond donors (Lipinski definition) is 2. The van der Waals surface area contributed by atoms with Crippen LogP contribution in [0.1, 0.15) is 5.56 Å². The minimum absolute atomic E-state index is 0.0540. The van der Waals surface area contributed by atoms with Crippen LogP contribution in [0.3, 0.4) is 0 Å². The van der Waals surface area contributed by atoms with Gasteiger partial charge in [0.15, 0.2) is 10.8 Å². The summed E-state index contributed by atoms with van der Waals surface area (Å²) in [7, 11) is 0. The van der Waals surface area contributed by atoms with E-state index in [2.05, 4.69) is 20.2 Å². The first-order valence-corrected chi connectivity index (χ1v) is 11.5. The van der Waals surface area contributed by atoms with E-state index in [-0.39, 0.29) is 17.3 Å². The summed E-state index contributed by atoms with van der Waals surface area (Å²) in [5, 5.41) is 19.9. The first-order chi connectivity index (χ1) is 16.1. The molecule has 2 aromatic heterocycles. The number of para-hydroxylation sites is 3. The number of aromatic nitrogens is 3. The molecule has 0 atom stereocenters. The standard InChI is InChI=1S/C24H18ClN5O2S/c25-17-9-3-1-7-15(17)13-30-20-12-6-5-11-19(20)27-24(30)33-14-21(31)28-29-22-16-8-2-4-10-18(16)26-23(22)32/h1-12,26,32H,13-14H2. The molecule has 1 amide bonds. The molecule has 0 spiro atoms. The Morgan fingerprint density at radius 2 is 1.82 bits per heavy atom. The van der Waals surface area contributed by atoms with Gasteiger partial charge in [0.1, 0.15) is 0 Å². The Balaban J connectivity index is 1.37. The van der Waals surface area contributed by atoms with Crippen LogP contribution >= 0.6 is 23.4 Å². The molecule has 0 aliphatic rings. The fraction of sp³-hybridized carbons (Fsp3) is 0.0833. The lowest BCUT2D eigenvalue weighted by atomic mass is 10.2. The summed E-state index contributed by atoms with van der Waals surface area (Å²) in [6.45, 7) is 0.529. The van der Waals surface area contributed by atoms with Crippen molar-refractivity contribution >= 4 is 56.9 Å². The molecule has 7 nitrogen and oxygen atoms in total. The van der Waals surface area contributed by atoms with Gasteiger partial charge in [0.25, 0.3) is 5.91 Å². The van der Waals surface area contributed by atoms with Crippen LogP contribution in [-0.2, 0) is 11.3 Å². The summed E-state index contributed by atoms with van der Waals surface area (Å²) in [5.74, 6) is -0.499. The van der Waals surface area contributed by atoms with E-state index in [1.807, 2.05) is 71.3 Å². The second kappa shape index (κ2) is 9.09. The molecule has 9 heteroatoms. The zero-order valence-corrected chi connectivity index (χ0v) is 18.8. The van der Waals surface area contributed by atoms with Crippen LogP contribution in [0.5, 0.6) is 5.88 Å². The Morgan fingerprint density at radius 3 is 2.70 bits per heavy atom. The topological polar surface area (TPSA) is 95.6 Å². The third-order valence-electron chi connectivity index (χ3n) is 5.15. The quantitative estimate of drug-likeness (QED) is 0.221. The second-order valence-corrected chi connectivity index (χ2v) is 8.66. The number of rotatable bonds is 6. The highest BCUT2D eigenvalue weighted by atomic mass is 35.5. The van der Waals surface area contributed by atoms with Crippen LogP contribution in [0.4, 0.5) is 5.69 Å². The van der Waals surface area contributed by atoms with Crippen molar-refractivity contribution in [3.05, 3.63) is 83.4 Å². The Hall–Kier alpha value is -3.62. The zero-order chi connectivity index (χ0) is 22.8. The average Bonchev–Trinajstić information content (AvgIpc) is 3.34. The smallest absolute Gasteiger partial charge is 0.275 e. The molecule has 0 unspecified atom stereocenters. The number of nitrogens with one attached hydrogen (secondary N) is 1. The van der Waals surface area contributed by atoms with Crippen LogP contribution in [-0.4, -0.2) is 31.3 Å². The first kappa shape index (κ1) is 21.2. The largest absolute Gasteiger partial charge is 0.493 e. The number of halogens is 1. The van der Waals surface area contributed by atoms with E-state index in [0.717, 1.165) is 22.1 Å². The maximum absolute atomic E-state index is 12.5. The van der Waals surface area contributed by atoms with E-state index in [1.54, 1.807) is 6.07 Å². The maximum atomic E-state index is 12.5. The van der Waals surface area contributed by atoms with Gasteiger partial charge in [0.2, 0.25) is 5.88 Å². The lowest BCUT2D eigenvalue weighted by molar-refractivity contribution is -0.115. The number of hydrogen-bond acceptors (Lipinski definition) is 5. The fourth-order valence-corrected chi connectivity index (χ4v) is 4.58. The predicted octanol–water partition coefficient (Wildman–Crippen LogP) is 6.33. The molecule has 0 aliphatic heterocycles. The lowest BCUT2D eigenvalue weighted by Crippen LogP contribution is -2.04. The Labute approximate surface area is 198 Å². The van der Waals surface area contributed by atoms with Crippen LogP contribution in [0, 0.1) is 0 Å². The molecule has 2 heterocycles. The summed E-state index contributed by atoms with van der Waals surface area (Å²) in [5.41, 5.74) is 3.72. The number of azo groups is 1. The molecule has 0 saturated heterocycles. The molecular weight excluding hydrogens is 458 g/mol. The zero-order valence-electron chi connectivity index (χ0n) is 17.3. The molecule has 33 heavy (non-hydrogen) atoms. The number of imidazole rings is 1. The van der Waals surface area contributed by atoms with Crippen LogP contribution in [0.25, 0.3) is 21.9 Å². The van der Waals surface area contributed by atoms with Crippen molar-refractivity contribution in [1.29, 1.82) is 0 Å². The van der Waals surface area contributed by atoms with Crippen molar-refractivity contribution < 1.29 is 9.90 Å². The lowest BCUT2D eigenvalue weighted by Gasteiger charge is -2.10. The van der Waals surface area contributed by atoms with Crippen LogP contribution < -0.4 is 0 Å². The number of amides is 1. The predicted molar refractivity (Wildman–Crippen MR) is 130 cm³/mol. The number of fused-ring (bicyclic) bond motifs is 2. The highest BCUT2D eigenvalue weighted by Gasteiger charge is 2.15. The van der Waals surface area contributed by atoms with Crippen molar-refractivity contribution in [2.24, 2.45) is 10.2 Å². The number of nitrogens with zero attached hydrogens (tertiary/aromatic N) is 4. The molecule has 2 N–H and O–H groups in total. The number of aromatic amines is 1. The third kappa shape index (κ3) is 4.35. The van der Waals surface area contributed by atoms with E-state index in [4.69, 9.17) is 11.6 Å². The molecule has 0 bridgehead atoms. The normalized spacial score (nSPS) is 11.7. The van der Waals surface area contributed by atoms with Gasteiger partial charge in [0, 0.05) is 10.4 Å². The monoisotopic (exact) mass is 475 g/mol. The van der Waals surface area contributed by atoms with E-state index in [1.165, 1.54) is 11.8 Å². The van der Waals surface area contributed by atoms with E-state index < -0.39 is 5.91 Å². The van der Waals surface area contributed by atoms with Crippen molar-refractivity contribution in [1.82, 2.24) is 14.5 Å². The van der Waals surface area contributed by atoms with Gasteiger partial charge in [-0.15, -0.1) is 10.2 Å². The Bertz CT molecular complexity index is 1510. The first-order valence-electron chi connectivity index (χ1n) is 10.2. The minimum atomic E-state index is -0.430. The molecular formula is C24H18ClN5O2S. The summed E-state index contributed by atoms with van der Waals surface area (Å²) in [4.78, 5) is 20.0.